The third-order valence-electron chi connectivity index (χ3n) is 1.63. The van der Waals surface area contributed by atoms with E-state index >= 15 is 0 Å². The number of unbranched alkanes of at least 4 members (excludes halogenated alkanes) is 3. The molecule has 0 unspecified atom stereocenters. The summed E-state index contributed by atoms with van der Waals surface area (Å²) >= 11 is 0. The molecule has 0 aromatic heterocycles. The Morgan fingerprint density at radius 2 is 2.08 bits per heavy atom. The highest BCUT2D eigenvalue weighted by molar-refractivity contribution is 5.79. The summed E-state index contributed by atoms with van der Waals surface area (Å²) in [6.07, 6.45) is 4.99. The van der Waals surface area contributed by atoms with E-state index in [1.54, 1.807) is 0 Å². The van der Waals surface area contributed by atoms with Gasteiger partial charge in [0.05, 0.1) is 6.61 Å². The molecule has 0 aromatic rings. The fourth-order valence-electron chi connectivity index (χ4n) is 0.822. The van der Waals surface area contributed by atoms with Crippen molar-refractivity contribution in [2.75, 3.05) is 13.7 Å². The van der Waals surface area contributed by atoms with Crippen LogP contribution in [0.5, 0.6) is 0 Å². The third-order valence-corrected chi connectivity index (χ3v) is 1.63. The van der Waals surface area contributed by atoms with Crippen LogP contribution in [0.15, 0.2) is 0 Å². The first-order valence-corrected chi connectivity index (χ1v) is 4.50. The number of imide groups is 1. The van der Waals surface area contributed by atoms with Gasteiger partial charge in [0, 0.05) is 7.05 Å². The summed E-state index contributed by atoms with van der Waals surface area (Å²) in [5.74, 6) is 0. The number of carbonyl (C=O) groups excluding carboxylic acids is 2. The molecule has 0 rings (SSSR count). The molecule has 0 N–H and O–H groups in total. The van der Waals surface area contributed by atoms with Crippen LogP contribution in [-0.2, 0) is 9.53 Å². The van der Waals surface area contributed by atoms with Crippen LogP contribution >= 0.6 is 0 Å². The van der Waals surface area contributed by atoms with Gasteiger partial charge in [0.1, 0.15) is 0 Å². The van der Waals surface area contributed by atoms with Crippen molar-refractivity contribution in [3.63, 3.8) is 0 Å². The molecular weight excluding hydrogens is 170 g/mol. The predicted molar refractivity (Wildman–Crippen MR) is 48.9 cm³/mol. The number of amides is 2. The van der Waals surface area contributed by atoms with Gasteiger partial charge in [-0.25, -0.2) is 9.69 Å². The molecule has 0 aliphatic heterocycles. The third kappa shape index (κ3) is 6.13. The molecule has 0 aromatic carbocycles. The van der Waals surface area contributed by atoms with Crippen molar-refractivity contribution in [2.45, 2.75) is 32.6 Å². The van der Waals surface area contributed by atoms with E-state index in [2.05, 4.69) is 6.92 Å². The lowest BCUT2D eigenvalue weighted by Gasteiger charge is -2.08. The van der Waals surface area contributed by atoms with Crippen LogP contribution in [0.25, 0.3) is 0 Å². The summed E-state index contributed by atoms with van der Waals surface area (Å²) < 4.78 is 4.77. The first kappa shape index (κ1) is 11.9. The number of hydrogen-bond acceptors (Lipinski definition) is 3. The van der Waals surface area contributed by atoms with Crippen LogP contribution in [0.3, 0.4) is 0 Å². The van der Waals surface area contributed by atoms with E-state index in [0.29, 0.717) is 6.61 Å². The number of hydrogen-bond donors (Lipinski definition) is 0. The predicted octanol–water partition coefficient (Wildman–Crippen LogP) is 1.70. The molecule has 4 nitrogen and oxygen atoms in total. The van der Waals surface area contributed by atoms with Gasteiger partial charge in [-0.2, -0.15) is 0 Å². The van der Waals surface area contributed by atoms with Crippen molar-refractivity contribution >= 4 is 12.5 Å². The second kappa shape index (κ2) is 7.58. The number of carbonyl (C=O) groups is 1. The molecule has 0 aliphatic rings. The minimum atomic E-state index is -0.633. The van der Waals surface area contributed by atoms with Gasteiger partial charge in [0.2, 0.25) is 0 Å². The van der Waals surface area contributed by atoms with Crippen LogP contribution in [0.4, 0.5) is 4.79 Å². The van der Waals surface area contributed by atoms with E-state index in [1.807, 2.05) is 0 Å². The monoisotopic (exact) mass is 186 g/mol. The fourth-order valence-corrected chi connectivity index (χ4v) is 0.822. The van der Waals surface area contributed by atoms with Gasteiger partial charge < -0.3 is 4.74 Å². The van der Waals surface area contributed by atoms with E-state index in [1.165, 1.54) is 13.5 Å². The Balaban J connectivity index is 3.32. The highest BCUT2D eigenvalue weighted by Crippen LogP contribution is 1.99. The van der Waals surface area contributed by atoms with E-state index in [4.69, 9.17) is 4.74 Å². The Labute approximate surface area is 78.9 Å². The van der Waals surface area contributed by atoms with Crippen LogP contribution in [0, 0.1) is 0 Å². The minimum absolute atomic E-state index is 0.380. The number of nitrogens with zero attached hydrogens (tertiary/aromatic N) is 1. The van der Waals surface area contributed by atoms with Crippen molar-refractivity contribution < 1.29 is 14.3 Å². The Morgan fingerprint density at radius 3 is 2.62 bits per heavy atom. The largest absolute Gasteiger partial charge is 0.449 e. The van der Waals surface area contributed by atoms with E-state index in [9.17, 15) is 9.59 Å². The summed E-state index contributed by atoms with van der Waals surface area (Å²) in [7, 11) is 1.32. The molecule has 4 heteroatoms. The lowest BCUT2D eigenvalue weighted by Crippen LogP contribution is -2.25. The maximum absolute atomic E-state index is 10.8. The van der Waals surface area contributed by atoms with Crippen molar-refractivity contribution in [3.8, 4) is 0 Å². The Hall–Kier alpha value is -1.06. The van der Waals surface area contributed by atoms with E-state index < -0.39 is 6.09 Å². The molecule has 0 atom stereocenters. The highest BCUT2D eigenvalue weighted by Gasteiger charge is 2.07. The molecule has 0 aliphatic carbocycles. The van der Waals surface area contributed by atoms with Crippen LogP contribution in [0.1, 0.15) is 32.6 Å². The van der Waals surface area contributed by atoms with Crippen molar-refractivity contribution in [2.24, 2.45) is 0 Å². The lowest BCUT2D eigenvalue weighted by atomic mass is 10.2. The summed E-state index contributed by atoms with van der Waals surface area (Å²) in [6, 6.07) is 0. The summed E-state index contributed by atoms with van der Waals surface area (Å²) in [5, 5.41) is 0. The molecular formula is C9H16NO3. The normalized spacial score (nSPS) is 9.38. The number of ether oxygens (including phenoxy) is 1. The molecule has 0 bridgehead atoms. The van der Waals surface area contributed by atoms with Gasteiger partial charge in [0.15, 0.2) is 0 Å². The Morgan fingerprint density at radius 1 is 1.38 bits per heavy atom. The van der Waals surface area contributed by atoms with Crippen molar-refractivity contribution in [1.29, 1.82) is 0 Å². The maximum atomic E-state index is 10.8. The first-order chi connectivity index (χ1) is 6.22. The zero-order valence-corrected chi connectivity index (χ0v) is 8.21. The van der Waals surface area contributed by atoms with Gasteiger partial charge in [0.25, 0.3) is 0 Å². The van der Waals surface area contributed by atoms with E-state index in [0.717, 1.165) is 30.6 Å². The van der Waals surface area contributed by atoms with Crippen molar-refractivity contribution in [3.05, 3.63) is 0 Å². The lowest BCUT2D eigenvalue weighted by molar-refractivity contribution is 0.125. The second-order valence-corrected chi connectivity index (χ2v) is 2.83. The molecule has 0 saturated heterocycles. The second-order valence-electron chi connectivity index (χ2n) is 2.83. The summed E-state index contributed by atoms with van der Waals surface area (Å²) in [5.41, 5.74) is 0. The Kier molecular flexibility index (Phi) is 6.96. The zero-order valence-electron chi connectivity index (χ0n) is 8.21. The standard InChI is InChI=1S/C9H16NO3/c1-3-4-5-6-7-13-9(12)10(2)8-11/h3-7H2,1-2H3. The molecule has 0 spiro atoms. The average Bonchev–Trinajstić information content (AvgIpc) is 2.16. The van der Waals surface area contributed by atoms with Gasteiger partial charge in [-0.05, 0) is 6.42 Å². The smallest absolute Gasteiger partial charge is 0.416 e. The highest BCUT2D eigenvalue weighted by atomic mass is 16.6. The van der Waals surface area contributed by atoms with Crippen LogP contribution in [-0.4, -0.2) is 31.1 Å². The zero-order chi connectivity index (χ0) is 10.1. The van der Waals surface area contributed by atoms with Gasteiger partial charge in [-0.3, -0.25) is 4.79 Å². The fraction of sp³-hybridized carbons (Fsp3) is 0.778. The van der Waals surface area contributed by atoms with Gasteiger partial charge in [-0.1, -0.05) is 26.2 Å². The first-order valence-electron chi connectivity index (χ1n) is 4.50. The molecule has 2 amide bonds. The average molecular weight is 186 g/mol. The number of rotatable bonds is 6. The molecule has 0 saturated carbocycles. The maximum Gasteiger partial charge on any atom is 0.416 e. The topological polar surface area (TPSA) is 46.6 Å². The van der Waals surface area contributed by atoms with Crippen molar-refractivity contribution in [1.82, 2.24) is 4.90 Å². The molecule has 0 fully saturated rings. The SMILES string of the molecule is CCCCCCOC(=O)N(C)[C]=O. The minimum Gasteiger partial charge on any atom is -0.449 e. The molecule has 13 heavy (non-hydrogen) atoms. The van der Waals surface area contributed by atoms with Gasteiger partial charge in [-0.15, -0.1) is 0 Å². The quantitative estimate of drug-likeness (QED) is 0.468. The molecule has 1 radical (unpaired) electrons. The van der Waals surface area contributed by atoms with Crippen LogP contribution in [0.2, 0.25) is 0 Å². The Bertz CT molecular complexity index is 159. The molecule has 75 valence electrons. The van der Waals surface area contributed by atoms with Crippen LogP contribution < -0.4 is 0 Å². The summed E-state index contributed by atoms with van der Waals surface area (Å²) in [4.78, 5) is 21.6. The van der Waals surface area contributed by atoms with Gasteiger partial charge >= 0.3 is 12.5 Å². The molecule has 0 heterocycles. The summed E-state index contributed by atoms with van der Waals surface area (Å²) in [6.45, 7) is 2.49. The van der Waals surface area contributed by atoms with E-state index in [-0.39, 0.29) is 0 Å².